The molecule has 0 radical (unpaired) electrons. The minimum atomic E-state index is 0.0353. The van der Waals surface area contributed by atoms with E-state index in [1.807, 2.05) is 0 Å². The molecule has 7 atom stereocenters. The summed E-state index contributed by atoms with van der Waals surface area (Å²) in [4.78, 5) is 5.63. The molecule has 1 saturated carbocycles. The van der Waals surface area contributed by atoms with Crippen molar-refractivity contribution in [3.05, 3.63) is 229 Å². The zero-order chi connectivity index (χ0) is 51.7. The average molecular weight is 987 g/mol. The van der Waals surface area contributed by atoms with Gasteiger partial charge in [-0.3, -0.25) is 0 Å². The van der Waals surface area contributed by atoms with Crippen molar-refractivity contribution in [1.29, 1.82) is 0 Å². The van der Waals surface area contributed by atoms with E-state index in [9.17, 15) is 0 Å². The topological polar surface area (TPSA) is 6.48 Å². The molecule has 0 amide bonds. The van der Waals surface area contributed by atoms with Crippen LogP contribution in [0.3, 0.4) is 0 Å². The van der Waals surface area contributed by atoms with Gasteiger partial charge in [0.15, 0.2) is 0 Å². The fraction of sp³-hybridized carbons (Fsp3) is 0.425. The Morgan fingerprint density at radius 3 is 2.25 bits per heavy atom. The van der Waals surface area contributed by atoms with Crippen LogP contribution >= 0.6 is 0 Å². The zero-order valence-corrected chi connectivity index (χ0v) is 47.0. The van der Waals surface area contributed by atoms with Gasteiger partial charge in [-0.1, -0.05) is 185 Å². The Kier molecular flexibility index (Phi) is 11.8. The number of hydrogen-bond acceptors (Lipinski definition) is 2. The van der Waals surface area contributed by atoms with Crippen LogP contribution in [0.2, 0.25) is 0 Å². The van der Waals surface area contributed by atoms with Gasteiger partial charge < -0.3 is 9.80 Å². The minimum Gasteiger partial charge on any atom is -0.358 e. The number of benzene rings is 2. The van der Waals surface area contributed by atoms with Crippen LogP contribution in [-0.4, -0.2) is 17.0 Å². The first-order valence-corrected chi connectivity index (χ1v) is 29.4. The molecule has 0 bridgehead atoms. The zero-order valence-electron chi connectivity index (χ0n) is 47.0. The highest BCUT2D eigenvalue weighted by atomic mass is 15.2. The van der Waals surface area contributed by atoms with Crippen molar-refractivity contribution < 1.29 is 0 Å². The molecular formula is C73H82N2. The van der Waals surface area contributed by atoms with E-state index in [0.29, 0.717) is 29.6 Å². The van der Waals surface area contributed by atoms with Crippen molar-refractivity contribution in [1.82, 2.24) is 4.90 Å². The van der Waals surface area contributed by atoms with Crippen LogP contribution in [0.25, 0.3) is 11.1 Å². The van der Waals surface area contributed by atoms with Crippen molar-refractivity contribution in [2.75, 3.05) is 4.90 Å². The van der Waals surface area contributed by atoms with Gasteiger partial charge in [0.1, 0.15) is 0 Å². The minimum absolute atomic E-state index is 0.0353. The molecule has 75 heavy (non-hydrogen) atoms. The van der Waals surface area contributed by atoms with Gasteiger partial charge in [-0.25, -0.2) is 0 Å². The second-order valence-electron chi connectivity index (χ2n) is 26.6. The Morgan fingerprint density at radius 2 is 1.48 bits per heavy atom. The van der Waals surface area contributed by atoms with E-state index >= 15 is 0 Å². The quantitative estimate of drug-likeness (QED) is 0.243. The van der Waals surface area contributed by atoms with Crippen LogP contribution in [-0.2, 0) is 0 Å². The van der Waals surface area contributed by atoms with E-state index in [4.69, 9.17) is 0 Å². The van der Waals surface area contributed by atoms with Gasteiger partial charge in [0.05, 0.1) is 12.1 Å². The normalized spacial score (nSPS) is 30.4. The van der Waals surface area contributed by atoms with Gasteiger partial charge in [0.2, 0.25) is 0 Å². The fourth-order valence-electron chi connectivity index (χ4n) is 16.8. The molecular weight excluding hydrogens is 905 g/mol. The summed E-state index contributed by atoms with van der Waals surface area (Å²) in [6, 6.07) is 17.2. The predicted octanol–water partition coefficient (Wildman–Crippen LogP) is 18.8. The van der Waals surface area contributed by atoms with Gasteiger partial charge in [-0.15, -0.1) is 0 Å². The maximum Gasteiger partial charge on any atom is 0.0520 e. The molecule has 2 aromatic carbocycles. The Bertz CT molecular complexity index is 3260. The summed E-state index contributed by atoms with van der Waals surface area (Å²) in [5.74, 6) is 2.57. The summed E-state index contributed by atoms with van der Waals surface area (Å²) in [5, 5.41) is 0. The van der Waals surface area contributed by atoms with E-state index in [0.717, 1.165) is 44.9 Å². The SMILES string of the molecule is CC1=CC(c2ccc(N(C3=CC4=C(CC3)C3C=CCCC3C4(C)C)C3=CC=C4C=C(N(C5C=CC(c6cc(C)cc(C)c6)=CC5)C5C=CC6=C(C5)C(C)(C)C5=C6CCC=C5)C=C5C4C3CCC5(C)C)cc2)=CC(C)C1. The van der Waals surface area contributed by atoms with E-state index < -0.39 is 0 Å². The average Bonchev–Trinajstić information content (AvgIpc) is 3.76. The third kappa shape index (κ3) is 8.16. The van der Waals surface area contributed by atoms with Crippen molar-refractivity contribution >= 4 is 16.8 Å². The second kappa shape index (κ2) is 18.1. The second-order valence-corrected chi connectivity index (χ2v) is 26.6. The maximum atomic E-state index is 2.86. The Morgan fingerprint density at radius 1 is 0.680 bits per heavy atom. The molecule has 384 valence electrons. The van der Waals surface area contributed by atoms with Crippen LogP contribution in [0.4, 0.5) is 5.69 Å². The van der Waals surface area contributed by atoms with Crippen molar-refractivity contribution in [2.24, 2.45) is 45.8 Å². The van der Waals surface area contributed by atoms with Gasteiger partial charge in [-0.05, 0) is 201 Å². The largest absolute Gasteiger partial charge is 0.358 e. The molecule has 0 saturated heterocycles. The Balaban J connectivity index is 0.914. The molecule has 0 aromatic heterocycles. The maximum absolute atomic E-state index is 2.86. The van der Waals surface area contributed by atoms with Crippen molar-refractivity contribution in [3.63, 3.8) is 0 Å². The van der Waals surface area contributed by atoms with E-state index in [-0.39, 0.29) is 28.3 Å². The van der Waals surface area contributed by atoms with Crippen molar-refractivity contribution in [3.8, 4) is 0 Å². The first-order valence-electron chi connectivity index (χ1n) is 29.4. The van der Waals surface area contributed by atoms with Crippen molar-refractivity contribution in [2.45, 2.75) is 152 Å². The fourth-order valence-corrected chi connectivity index (χ4v) is 16.8. The third-order valence-corrected chi connectivity index (χ3v) is 20.5. The molecule has 0 spiro atoms. The van der Waals surface area contributed by atoms with E-state index in [1.165, 1.54) is 98.6 Å². The molecule has 2 heteroatoms. The molecule has 2 nitrogen and oxygen atoms in total. The number of aryl methyl sites for hydroxylation is 2. The van der Waals surface area contributed by atoms with Crippen LogP contribution in [0.5, 0.6) is 0 Å². The highest BCUT2D eigenvalue weighted by Gasteiger charge is 2.50. The predicted molar refractivity (Wildman–Crippen MR) is 317 cm³/mol. The lowest BCUT2D eigenvalue weighted by Gasteiger charge is -2.51. The van der Waals surface area contributed by atoms with Gasteiger partial charge >= 0.3 is 0 Å². The van der Waals surface area contributed by atoms with Gasteiger partial charge in [-0.2, -0.15) is 0 Å². The number of hydrogen-bond donors (Lipinski definition) is 0. The number of fused-ring (bicyclic) bond motifs is 3. The molecule has 11 aliphatic carbocycles. The monoisotopic (exact) mass is 987 g/mol. The highest BCUT2D eigenvalue weighted by Crippen LogP contribution is 2.61. The van der Waals surface area contributed by atoms with E-state index in [2.05, 4.69) is 219 Å². The number of rotatable bonds is 8. The molecule has 2 aromatic rings. The molecule has 1 fully saturated rings. The number of anilines is 1. The number of nitrogens with zero attached hydrogens (tertiary/aromatic N) is 2. The summed E-state index contributed by atoms with van der Waals surface area (Å²) in [6.07, 6.45) is 53.2. The summed E-state index contributed by atoms with van der Waals surface area (Å²) >= 11 is 0. The Hall–Kier alpha value is -5.86. The van der Waals surface area contributed by atoms with Gasteiger partial charge in [0.25, 0.3) is 0 Å². The summed E-state index contributed by atoms with van der Waals surface area (Å²) in [5.41, 5.74) is 28.2. The lowest BCUT2D eigenvalue weighted by atomic mass is 9.57. The van der Waals surface area contributed by atoms with Crippen LogP contribution in [0.1, 0.15) is 148 Å². The van der Waals surface area contributed by atoms with Crippen LogP contribution in [0, 0.1) is 59.7 Å². The molecule has 0 N–H and O–H groups in total. The highest BCUT2D eigenvalue weighted by molar-refractivity contribution is 5.78. The summed E-state index contributed by atoms with van der Waals surface area (Å²) < 4.78 is 0. The van der Waals surface area contributed by atoms with Crippen LogP contribution in [0.15, 0.2) is 207 Å². The smallest absolute Gasteiger partial charge is 0.0520 e. The van der Waals surface area contributed by atoms with E-state index in [1.54, 1.807) is 33.4 Å². The lowest BCUT2D eigenvalue weighted by molar-refractivity contribution is 0.223. The van der Waals surface area contributed by atoms with Crippen LogP contribution < -0.4 is 4.90 Å². The molecule has 13 rings (SSSR count). The molecule has 0 heterocycles. The third-order valence-electron chi connectivity index (χ3n) is 20.5. The summed E-state index contributed by atoms with van der Waals surface area (Å²) in [7, 11) is 0. The van der Waals surface area contributed by atoms with Gasteiger partial charge in [0, 0.05) is 45.9 Å². The molecule has 0 aliphatic heterocycles. The number of allylic oxidation sites excluding steroid dienone is 25. The lowest BCUT2D eigenvalue weighted by Crippen LogP contribution is -2.45. The first kappa shape index (κ1) is 48.8. The summed E-state index contributed by atoms with van der Waals surface area (Å²) in [6.45, 7) is 24.3. The Labute approximate surface area is 451 Å². The molecule has 11 aliphatic rings. The first-order chi connectivity index (χ1) is 36.0. The standard InChI is InChI=1S/C73H82N2/c1-45-35-46(2)38-52(37-45)49-19-24-54(25-20-49)74(56-28-30-61-59-15-11-13-17-64(59)72(7,8)66(61)42-56)58-41-51-23-32-69(63-33-34-71(5,6)68(44-58)70(51)63)75(55-26-21-50(22-27-55)53-39-47(3)36-48(4)40-53)57-29-31-62-60-16-12-14-18-65(60)73(9,10)67(62)43-57/h12-13,16-17,19-24,26-28,30,32,35,37-41,43-44,47,54,56,60,63,65,70H,11,14-15,18,25,29,31,33-34,36,42H2,1-10H3. The molecule has 7 unspecified atom stereocenters.